The summed E-state index contributed by atoms with van der Waals surface area (Å²) in [6.07, 6.45) is 2.27. The van der Waals surface area contributed by atoms with Crippen LogP contribution >= 0.6 is 0 Å². The lowest BCUT2D eigenvalue weighted by Gasteiger charge is -2.22. The van der Waals surface area contributed by atoms with Crippen molar-refractivity contribution in [3.63, 3.8) is 0 Å². The molecule has 0 fully saturated rings. The molecule has 96 valence electrons. The number of phenolic OH excluding ortho intramolecular Hbond substituents is 1. The van der Waals surface area contributed by atoms with Crippen LogP contribution < -0.4 is 4.90 Å². The zero-order valence-corrected chi connectivity index (χ0v) is 11.5. The molecular formula is C15H25NO. The molecule has 1 unspecified atom stereocenters. The normalized spacial score (nSPS) is 12.5. The Morgan fingerprint density at radius 3 is 2.29 bits per heavy atom. The molecule has 1 atom stereocenters. The molecule has 1 N–H and O–H groups in total. The zero-order valence-electron chi connectivity index (χ0n) is 11.5. The van der Waals surface area contributed by atoms with Gasteiger partial charge in [0.2, 0.25) is 0 Å². The first kappa shape index (κ1) is 13.9. The average Bonchev–Trinajstić information content (AvgIpc) is 2.31. The SMILES string of the molecule is CCCC(C)c1ccc(N(CC)CC)cc1O. The van der Waals surface area contributed by atoms with Crippen LogP contribution in [-0.4, -0.2) is 18.2 Å². The van der Waals surface area contributed by atoms with E-state index in [2.05, 4.69) is 44.7 Å². The summed E-state index contributed by atoms with van der Waals surface area (Å²) in [5.74, 6) is 0.876. The third-order valence-electron chi connectivity index (χ3n) is 3.40. The number of hydrogen-bond acceptors (Lipinski definition) is 2. The lowest BCUT2D eigenvalue weighted by molar-refractivity contribution is 0.460. The fourth-order valence-electron chi connectivity index (χ4n) is 2.32. The summed E-state index contributed by atoms with van der Waals surface area (Å²) < 4.78 is 0. The summed E-state index contributed by atoms with van der Waals surface area (Å²) in [6, 6.07) is 6.09. The highest BCUT2D eigenvalue weighted by atomic mass is 16.3. The van der Waals surface area contributed by atoms with Gasteiger partial charge in [-0.15, -0.1) is 0 Å². The van der Waals surface area contributed by atoms with E-state index in [9.17, 15) is 5.11 Å². The first-order valence-corrected chi connectivity index (χ1v) is 6.71. The van der Waals surface area contributed by atoms with Gasteiger partial charge in [0, 0.05) is 24.8 Å². The molecule has 1 aromatic rings. The topological polar surface area (TPSA) is 23.5 Å². The van der Waals surface area contributed by atoms with E-state index in [1.54, 1.807) is 0 Å². The minimum absolute atomic E-state index is 0.436. The third kappa shape index (κ3) is 3.39. The van der Waals surface area contributed by atoms with Gasteiger partial charge in [-0.2, -0.15) is 0 Å². The number of aromatic hydroxyl groups is 1. The summed E-state index contributed by atoms with van der Waals surface area (Å²) in [7, 11) is 0. The molecule has 0 aliphatic carbocycles. The highest BCUT2D eigenvalue weighted by Crippen LogP contribution is 2.32. The fourth-order valence-corrected chi connectivity index (χ4v) is 2.32. The van der Waals surface area contributed by atoms with Crippen LogP contribution in [0.2, 0.25) is 0 Å². The van der Waals surface area contributed by atoms with Crippen molar-refractivity contribution in [2.24, 2.45) is 0 Å². The smallest absolute Gasteiger partial charge is 0.121 e. The second-order valence-electron chi connectivity index (χ2n) is 4.61. The van der Waals surface area contributed by atoms with Crippen LogP contribution in [0, 0.1) is 0 Å². The molecule has 0 heterocycles. The first-order valence-electron chi connectivity index (χ1n) is 6.71. The molecule has 17 heavy (non-hydrogen) atoms. The number of phenols is 1. The summed E-state index contributed by atoms with van der Waals surface area (Å²) in [5.41, 5.74) is 2.18. The fraction of sp³-hybridized carbons (Fsp3) is 0.600. The van der Waals surface area contributed by atoms with Crippen molar-refractivity contribution in [1.29, 1.82) is 0 Å². The van der Waals surface area contributed by atoms with Crippen molar-refractivity contribution in [3.8, 4) is 5.75 Å². The zero-order chi connectivity index (χ0) is 12.8. The van der Waals surface area contributed by atoms with Crippen LogP contribution in [0.4, 0.5) is 5.69 Å². The van der Waals surface area contributed by atoms with E-state index < -0.39 is 0 Å². The lowest BCUT2D eigenvalue weighted by atomic mass is 9.95. The number of benzene rings is 1. The molecule has 0 saturated heterocycles. The molecule has 0 spiro atoms. The van der Waals surface area contributed by atoms with E-state index in [0.29, 0.717) is 11.7 Å². The second-order valence-corrected chi connectivity index (χ2v) is 4.61. The van der Waals surface area contributed by atoms with Crippen molar-refractivity contribution in [3.05, 3.63) is 23.8 Å². The van der Waals surface area contributed by atoms with E-state index in [1.165, 1.54) is 0 Å². The van der Waals surface area contributed by atoms with Crippen molar-refractivity contribution in [2.75, 3.05) is 18.0 Å². The van der Waals surface area contributed by atoms with Crippen LogP contribution in [-0.2, 0) is 0 Å². The highest BCUT2D eigenvalue weighted by Gasteiger charge is 2.11. The van der Waals surface area contributed by atoms with Crippen LogP contribution in [0.25, 0.3) is 0 Å². The number of nitrogens with zero attached hydrogens (tertiary/aromatic N) is 1. The first-order chi connectivity index (χ1) is 8.13. The van der Waals surface area contributed by atoms with E-state index in [1.807, 2.05) is 6.07 Å². The molecular weight excluding hydrogens is 210 g/mol. The summed E-state index contributed by atoms with van der Waals surface area (Å²) >= 11 is 0. The van der Waals surface area contributed by atoms with Crippen LogP contribution in [0.1, 0.15) is 52.0 Å². The number of rotatable bonds is 6. The Bertz CT molecular complexity index is 345. The van der Waals surface area contributed by atoms with Gasteiger partial charge in [-0.25, -0.2) is 0 Å². The average molecular weight is 235 g/mol. The van der Waals surface area contributed by atoms with Gasteiger partial charge in [-0.05, 0) is 37.8 Å². The van der Waals surface area contributed by atoms with E-state index in [4.69, 9.17) is 0 Å². The van der Waals surface area contributed by atoms with Crippen molar-refractivity contribution in [2.45, 2.75) is 46.5 Å². The van der Waals surface area contributed by atoms with E-state index in [-0.39, 0.29) is 0 Å². The van der Waals surface area contributed by atoms with Gasteiger partial charge in [0.15, 0.2) is 0 Å². The Morgan fingerprint density at radius 1 is 1.18 bits per heavy atom. The Labute approximate surface area is 105 Å². The summed E-state index contributed by atoms with van der Waals surface area (Å²) in [6.45, 7) is 10.6. The molecule has 2 heteroatoms. The maximum atomic E-state index is 10.1. The minimum atomic E-state index is 0.436. The van der Waals surface area contributed by atoms with Gasteiger partial charge < -0.3 is 10.0 Å². The van der Waals surface area contributed by atoms with Crippen LogP contribution in [0.5, 0.6) is 5.75 Å². The molecule has 0 bridgehead atoms. The monoisotopic (exact) mass is 235 g/mol. The molecule has 0 aliphatic rings. The lowest BCUT2D eigenvalue weighted by Crippen LogP contribution is -2.21. The Balaban J connectivity index is 2.92. The molecule has 0 amide bonds. The molecule has 0 aliphatic heterocycles. The van der Waals surface area contributed by atoms with Gasteiger partial charge in [0.25, 0.3) is 0 Å². The minimum Gasteiger partial charge on any atom is -0.508 e. The van der Waals surface area contributed by atoms with Crippen molar-refractivity contribution in [1.82, 2.24) is 0 Å². The highest BCUT2D eigenvalue weighted by molar-refractivity contribution is 5.54. The van der Waals surface area contributed by atoms with Gasteiger partial charge in [0.1, 0.15) is 5.75 Å². The van der Waals surface area contributed by atoms with E-state index >= 15 is 0 Å². The van der Waals surface area contributed by atoms with Crippen LogP contribution in [0.15, 0.2) is 18.2 Å². The van der Waals surface area contributed by atoms with Gasteiger partial charge in [-0.1, -0.05) is 26.3 Å². The van der Waals surface area contributed by atoms with Crippen molar-refractivity contribution >= 4 is 5.69 Å². The van der Waals surface area contributed by atoms with Gasteiger partial charge >= 0.3 is 0 Å². The predicted molar refractivity (Wildman–Crippen MR) is 75.0 cm³/mol. The van der Waals surface area contributed by atoms with Gasteiger partial charge in [0.05, 0.1) is 0 Å². The molecule has 0 radical (unpaired) electrons. The van der Waals surface area contributed by atoms with E-state index in [0.717, 1.165) is 37.2 Å². The Morgan fingerprint density at radius 2 is 1.82 bits per heavy atom. The van der Waals surface area contributed by atoms with Crippen molar-refractivity contribution < 1.29 is 5.11 Å². The largest absolute Gasteiger partial charge is 0.508 e. The molecule has 0 saturated carbocycles. The molecule has 1 aromatic carbocycles. The van der Waals surface area contributed by atoms with Crippen LogP contribution in [0.3, 0.4) is 0 Å². The Hall–Kier alpha value is -1.18. The molecule has 1 rings (SSSR count). The summed E-state index contributed by atoms with van der Waals surface area (Å²) in [5, 5.41) is 10.1. The second kappa shape index (κ2) is 6.53. The Kier molecular flexibility index (Phi) is 5.33. The molecule has 0 aromatic heterocycles. The number of anilines is 1. The number of hydrogen-bond donors (Lipinski definition) is 1. The summed E-state index contributed by atoms with van der Waals surface area (Å²) in [4.78, 5) is 2.24. The third-order valence-corrected chi connectivity index (χ3v) is 3.40. The molecule has 2 nitrogen and oxygen atoms in total. The van der Waals surface area contributed by atoms with Gasteiger partial charge in [-0.3, -0.25) is 0 Å². The maximum absolute atomic E-state index is 10.1. The standard InChI is InChI=1S/C15H25NO/c1-5-8-12(4)14-10-9-13(11-15(14)17)16(6-2)7-3/h9-12,17H,5-8H2,1-4H3. The maximum Gasteiger partial charge on any atom is 0.121 e. The predicted octanol–water partition coefficient (Wildman–Crippen LogP) is 4.14. The quantitative estimate of drug-likeness (QED) is 0.801.